The summed E-state index contributed by atoms with van der Waals surface area (Å²) in [5.74, 6) is -0.179. The van der Waals surface area contributed by atoms with Gasteiger partial charge in [0.05, 0.1) is 11.6 Å². The van der Waals surface area contributed by atoms with Crippen LogP contribution in [0.25, 0.3) is 0 Å². The first-order valence-electron chi connectivity index (χ1n) is 16.4. The van der Waals surface area contributed by atoms with Crippen LogP contribution in [0.2, 0.25) is 5.02 Å². The van der Waals surface area contributed by atoms with Gasteiger partial charge in [0.1, 0.15) is 18.8 Å². The number of halogens is 1. The maximum absolute atomic E-state index is 13.8. The highest BCUT2D eigenvalue weighted by Crippen LogP contribution is 2.27. The Labute approximate surface area is 264 Å². The molecule has 2 aromatic carbocycles. The van der Waals surface area contributed by atoms with Crippen molar-refractivity contribution in [1.29, 1.82) is 0 Å². The molecule has 43 heavy (non-hydrogen) atoms. The molecule has 0 fully saturated rings. The van der Waals surface area contributed by atoms with Crippen LogP contribution >= 0.6 is 11.6 Å². The highest BCUT2D eigenvalue weighted by atomic mass is 35.5. The molecule has 3 aromatic rings. The van der Waals surface area contributed by atoms with Gasteiger partial charge in [-0.3, -0.25) is 14.5 Å². The molecule has 2 amide bonds. The van der Waals surface area contributed by atoms with Crippen molar-refractivity contribution in [3.8, 4) is 5.75 Å². The fourth-order valence-corrected chi connectivity index (χ4v) is 5.52. The van der Waals surface area contributed by atoms with Crippen LogP contribution < -0.4 is 9.30 Å². The van der Waals surface area contributed by atoms with Gasteiger partial charge >= 0.3 is 0 Å². The number of carbonyl (C=O) groups is 2. The number of pyridine rings is 1. The third kappa shape index (κ3) is 11.8. The third-order valence-corrected chi connectivity index (χ3v) is 8.06. The predicted molar refractivity (Wildman–Crippen MR) is 176 cm³/mol. The standard InChI is InChI=1S/C37H50ClN2O3/c1-3-5-6-7-8-9-10-11-12-13-14-20-28-43-35-25-24-32(29-34(35)38)37(42)40(36(41)31-21-16-15-17-22-31)30-33-23-18-19-27-39(33)26-4-2/h15-19,21-25,27,29H,3-14,20,26,28,30H2,1-2H3/q+1. The molecule has 0 saturated heterocycles. The van der Waals surface area contributed by atoms with Crippen molar-refractivity contribution in [3.63, 3.8) is 0 Å². The lowest BCUT2D eigenvalue weighted by molar-refractivity contribution is -0.704. The molecule has 5 nitrogen and oxygen atoms in total. The number of carbonyl (C=O) groups excluding carboxylic acids is 2. The molecule has 0 atom stereocenters. The third-order valence-electron chi connectivity index (χ3n) is 7.76. The number of hydrogen-bond acceptors (Lipinski definition) is 3. The SMILES string of the molecule is CCCCCCCCCCCCCCOc1ccc(C(=O)N(Cc2cccc[n+]2CCC)C(=O)c2ccccc2)cc1Cl. The minimum atomic E-state index is -0.393. The number of imide groups is 1. The lowest BCUT2D eigenvalue weighted by Gasteiger charge is -2.21. The van der Waals surface area contributed by atoms with Gasteiger partial charge in [-0.05, 0) is 36.8 Å². The molecule has 0 saturated carbocycles. The average Bonchev–Trinajstić information content (AvgIpc) is 3.03. The molecule has 0 spiro atoms. The minimum Gasteiger partial charge on any atom is -0.492 e. The largest absolute Gasteiger partial charge is 0.492 e. The quantitative estimate of drug-likeness (QED) is 0.0732. The van der Waals surface area contributed by atoms with Crippen LogP contribution in [0.4, 0.5) is 0 Å². The normalized spacial score (nSPS) is 11.0. The van der Waals surface area contributed by atoms with E-state index in [0.29, 0.717) is 28.5 Å². The smallest absolute Gasteiger partial charge is 0.261 e. The van der Waals surface area contributed by atoms with Crippen LogP contribution in [-0.2, 0) is 13.1 Å². The number of unbranched alkanes of at least 4 members (excludes halogenated alkanes) is 11. The summed E-state index contributed by atoms with van der Waals surface area (Å²) in [6, 6.07) is 19.8. The van der Waals surface area contributed by atoms with E-state index in [1.165, 1.54) is 69.1 Å². The molecule has 0 aliphatic carbocycles. The molecule has 1 heterocycles. The Hall–Kier alpha value is -3.18. The number of nitrogens with zero attached hydrogens (tertiary/aromatic N) is 2. The van der Waals surface area contributed by atoms with E-state index in [9.17, 15) is 9.59 Å². The lowest BCUT2D eigenvalue weighted by atomic mass is 10.1. The number of rotatable bonds is 20. The summed E-state index contributed by atoms with van der Waals surface area (Å²) in [6.07, 6.45) is 18.4. The summed E-state index contributed by atoms with van der Waals surface area (Å²) in [7, 11) is 0. The second kappa shape index (κ2) is 19.9. The van der Waals surface area contributed by atoms with E-state index in [4.69, 9.17) is 16.3 Å². The zero-order chi connectivity index (χ0) is 30.7. The summed E-state index contributed by atoms with van der Waals surface area (Å²) in [6.45, 7) is 5.91. The van der Waals surface area contributed by atoms with E-state index < -0.39 is 5.91 Å². The molecule has 6 heteroatoms. The highest BCUT2D eigenvalue weighted by Gasteiger charge is 2.28. The Balaban J connectivity index is 1.53. The summed E-state index contributed by atoms with van der Waals surface area (Å²) < 4.78 is 8.03. The van der Waals surface area contributed by atoms with Crippen LogP contribution in [0, 0.1) is 0 Å². The lowest BCUT2D eigenvalue weighted by Crippen LogP contribution is -2.44. The second-order valence-corrected chi connectivity index (χ2v) is 11.7. The monoisotopic (exact) mass is 605 g/mol. The molecule has 0 N–H and O–H groups in total. The van der Waals surface area contributed by atoms with Gasteiger partial charge in [0.25, 0.3) is 11.8 Å². The van der Waals surface area contributed by atoms with Gasteiger partial charge in [0.15, 0.2) is 6.20 Å². The van der Waals surface area contributed by atoms with E-state index in [1.807, 2.05) is 30.5 Å². The van der Waals surface area contributed by atoms with Crippen molar-refractivity contribution in [3.05, 3.63) is 94.8 Å². The molecule has 0 aliphatic heterocycles. The molecular formula is C37H50ClN2O3+. The van der Waals surface area contributed by atoms with E-state index in [1.54, 1.807) is 42.5 Å². The number of benzene rings is 2. The van der Waals surface area contributed by atoms with Gasteiger partial charge in [-0.2, -0.15) is 0 Å². The summed E-state index contributed by atoms with van der Waals surface area (Å²) in [5, 5.41) is 0.373. The van der Waals surface area contributed by atoms with E-state index in [2.05, 4.69) is 18.4 Å². The summed E-state index contributed by atoms with van der Waals surface area (Å²) in [4.78, 5) is 28.7. The predicted octanol–water partition coefficient (Wildman–Crippen LogP) is 9.60. The number of amides is 2. The Kier molecular flexibility index (Phi) is 15.9. The topological polar surface area (TPSA) is 50.5 Å². The van der Waals surface area contributed by atoms with Crippen molar-refractivity contribution < 1.29 is 18.9 Å². The van der Waals surface area contributed by atoms with Crippen molar-refractivity contribution in [2.75, 3.05) is 6.61 Å². The van der Waals surface area contributed by atoms with Gasteiger partial charge < -0.3 is 4.74 Å². The molecular weight excluding hydrogens is 556 g/mol. The van der Waals surface area contributed by atoms with E-state index in [0.717, 1.165) is 31.5 Å². The molecule has 3 rings (SSSR count). The Morgan fingerprint density at radius 3 is 1.93 bits per heavy atom. The number of aromatic nitrogens is 1. The van der Waals surface area contributed by atoms with Gasteiger partial charge in [0.2, 0.25) is 5.69 Å². The van der Waals surface area contributed by atoms with Crippen LogP contribution in [0.3, 0.4) is 0 Å². The van der Waals surface area contributed by atoms with Crippen molar-refractivity contribution >= 4 is 23.4 Å². The summed E-state index contributed by atoms with van der Waals surface area (Å²) in [5.41, 5.74) is 1.70. The van der Waals surface area contributed by atoms with Crippen molar-refractivity contribution in [2.45, 2.75) is 110 Å². The Bertz CT molecular complexity index is 1250. The number of ether oxygens (including phenoxy) is 1. The maximum atomic E-state index is 13.8. The Morgan fingerprint density at radius 1 is 0.698 bits per heavy atom. The van der Waals surface area contributed by atoms with Gasteiger partial charge in [0, 0.05) is 29.7 Å². The molecule has 0 unspecified atom stereocenters. The van der Waals surface area contributed by atoms with E-state index in [-0.39, 0.29) is 12.5 Å². The van der Waals surface area contributed by atoms with Crippen molar-refractivity contribution in [2.24, 2.45) is 0 Å². The molecule has 0 aliphatic rings. The second-order valence-electron chi connectivity index (χ2n) is 11.3. The van der Waals surface area contributed by atoms with Gasteiger partial charge in [-0.1, -0.05) is 120 Å². The Morgan fingerprint density at radius 2 is 1.30 bits per heavy atom. The van der Waals surface area contributed by atoms with Crippen molar-refractivity contribution in [1.82, 2.24) is 4.90 Å². The highest BCUT2D eigenvalue weighted by molar-refractivity contribution is 6.32. The number of aryl methyl sites for hydroxylation is 1. The zero-order valence-electron chi connectivity index (χ0n) is 26.2. The van der Waals surface area contributed by atoms with Gasteiger partial charge in [-0.25, -0.2) is 4.57 Å². The maximum Gasteiger partial charge on any atom is 0.261 e. The van der Waals surface area contributed by atoms with Crippen LogP contribution in [0.1, 0.15) is 124 Å². The first kappa shape index (κ1) is 34.3. The molecule has 1 aromatic heterocycles. The fourth-order valence-electron chi connectivity index (χ4n) is 5.28. The van der Waals surface area contributed by atoms with Crippen LogP contribution in [0.15, 0.2) is 72.9 Å². The summed E-state index contributed by atoms with van der Waals surface area (Å²) >= 11 is 6.57. The molecule has 232 valence electrons. The first-order chi connectivity index (χ1) is 21.0. The zero-order valence-corrected chi connectivity index (χ0v) is 27.0. The van der Waals surface area contributed by atoms with Gasteiger partial charge in [-0.15, -0.1) is 0 Å². The van der Waals surface area contributed by atoms with Crippen LogP contribution in [-0.4, -0.2) is 23.3 Å². The molecule has 0 radical (unpaired) electrons. The first-order valence-corrected chi connectivity index (χ1v) is 16.7. The van der Waals surface area contributed by atoms with Crippen LogP contribution in [0.5, 0.6) is 5.75 Å². The van der Waals surface area contributed by atoms with E-state index >= 15 is 0 Å². The average molecular weight is 606 g/mol. The number of hydrogen-bond donors (Lipinski definition) is 0. The fraction of sp³-hybridized carbons (Fsp3) is 0.486. The molecule has 0 bridgehead atoms. The minimum absolute atomic E-state index is 0.155.